The molecule has 0 spiro atoms. The predicted octanol–water partition coefficient (Wildman–Crippen LogP) is 3.93. The van der Waals surface area contributed by atoms with Crippen LogP contribution in [0.5, 0.6) is 0 Å². The minimum atomic E-state index is 0.539. The van der Waals surface area contributed by atoms with Gasteiger partial charge in [-0.05, 0) is 31.0 Å². The van der Waals surface area contributed by atoms with E-state index in [2.05, 4.69) is 32.0 Å². The van der Waals surface area contributed by atoms with E-state index < -0.39 is 0 Å². The summed E-state index contributed by atoms with van der Waals surface area (Å²) >= 11 is 6.25. The lowest BCUT2D eigenvalue weighted by atomic mass is 9.95. The van der Waals surface area contributed by atoms with E-state index in [-0.39, 0.29) is 0 Å². The molecule has 0 atom stereocenters. The highest BCUT2D eigenvalue weighted by molar-refractivity contribution is 6.31. The third-order valence-corrected chi connectivity index (χ3v) is 4.57. The van der Waals surface area contributed by atoms with Crippen molar-refractivity contribution in [3.63, 3.8) is 0 Å². The molecule has 5 heteroatoms. The Hall–Kier alpha value is -1.94. The number of fused-ring (bicyclic) bond motifs is 1. The Balaban J connectivity index is 1.59. The zero-order valence-corrected chi connectivity index (χ0v) is 12.4. The van der Waals surface area contributed by atoms with Crippen molar-refractivity contribution in [2.24, 2.45) is 0 Å². The van der Waals surface area contributed by atoms with Crippen molar-refractivity contribution in [1.82, 2.24) is 15.0 Å². The highest BCUT2D eigenvalue weighted by Gasteiger charge is 2.23. The molecule has 1 aliphatic heterocycles. The molecule has 2 N–H and O–H groups in total. The van der Waals surface area contributed by atoms with Crippen LogP contribution in [0.2, 0.25) is 5.02 Å². The second kappa shape index (κ2) is 5.11. The van der Waals surface area contributed by atoms with Gasteiger partial charge in [-0.3, -0.25) is 0 Å². The number of halogens is 1. The number of aromatic nitrogens is 3. The lowest BCUT2D eigenvalue weighted by Gasteiger charge is -2.33. The number of hydrogen-bond donors (Lipinski definition) is 2. The van der Waals surface area contributed by atoms with E-state index in [1.54, 1.807) is 0 Å². The molecule has 4 nitrogen and oxygen atoms in total. The third-order valence-electron chi connectivity index (χ3n) is 4.35. The number of hydrogen-bond acceptors (Lipinski definition) is 2. The summed E-state index contributed by atoms with van der Waals surface area (Å²) in [4.78, 5) is 13.3. The maximum absolute atomic E-state index is 6.25. The van der Waals surface area contributed by atoms with E-state index >= 15 is 0 Å². The lowest BCUT2D eigenvalue weighted by Crippen LogP contribution is -2.33. The number of aromatic amines is 2. The molecule has 0 aliphatic carbocycles. The minimum Gasteiger partial charge on any atom is -0.371 e. The Bertz CT molecular complexity index is 739. The van der Waals surface area contributed by atoms with E-state index in [1.165, 1.54) is 11.1 Å². The van der Waals surface area contributed by atoms with Crippen molar-refractivity contribution in [3.8, 4) is 0 Å². The molecule has 3 heterocycles. The standard InChI is InChI=1S/C16H17ClN4/c17-12-9-14-13(1-4-18-14)15(10-12)21-7-2-11(3-8-21)16-19-5-6-20-16/h1,4-6,9-11,18H,2-3,7-8H2,(H,19,20). The molecule has 108 valence electrons. The number of nitrogens with one attached hydrogen (secondary N) is 2. The van der Waals surface area contributed by atoms with Crippen molar-refractivity contribution >= 4 is 28.2 Å². The summed E-state index contributed by atoms with van der Waals surface area (Å²) < 4.78 is 0. The summed E-state index contributed by atoms with van der Waals surface area (Å²) in [6.07, 6.45) is 7.95. The van der Waals surface area contributed by atoms with Gasteiger partial charge in [0.05, 0.1) is 0 Å². The minimum absolute atomic E-state index is 0.539. The summed E-state index contributed by atoms with van der Waals surface area (Å²) in [6.45, 7) is 2.07. The molecule has 0 saturated carbocycles. The normalized spacial score (nSPS) is 16.7. The number of H-pyrrole nitrogens is 2. The van der Waals surface area contributed by atoms with Crippen molar-refractivity contribution in [2.75, 3.05) is 18.0 Å². The Kier molecular flexibility index (Phi) is 3.11. The van der Waals surface area contributed by atoms with Crippen molar-refractivity contribution in [2.45, 2.75) is 18.8 Å². The molecule has 1 saturated heterocycles. The Morgan fingerprint density at radius 2 is 2.00 bits per heavy atom. The maximum atomic E-state index is 6.25. The quantitative estimate of drug-likeness (QED) is 0.753. The molecule has 1 aliphatic rings. The van der Waals surface area contributed by atoms with Gasteiger partial charge in [-0.25, -0.2) is 4.98 Å². The van der Waals surface area contributed by atoms with E-state index in [0.717, 1.165) is 42.3 Å². The topological polar surface area (TPSA) is 47.7 Å². The Labute approximate surface area is 128 Å². The highest BCUT2D eigenvalue weighted by atomic mass is 35.5. The summed E-state index contributed by atoms with van der Waals surface area (Å²) in [5.74, 6) is 1.66. The fraction of sp³-hybridized carbons (Fsp3) is 0.312. The number of rotatable bonds is 2. The molecule has 4 rings (SSSR count). The molecule has 0 radical (unpaired) electrons. The Morgan fingerprint density at radius 1 is 1.14 bits per heavy atom. The van der Waals surface area contributed by atoms with Crippen LogP contribution < -0.4 is 4.90 Å². The highest BCUT2D eigenvalue weighted by Crippen LogP contribution is 2.34. The van der Waals surface area contributed by atoms with Gasteiger partial charge < -0.3 is 14.9 Å². The zero-order valence-electron chi connectivity index (χ0n) is 11.6. The number of piperidine rings is 1. The molecule has 1 fully saturated rings. The monoisotopic (exact) mass is 300 g/mol. The lowest BCUT2D eigenvalue weighted by molar-refractivity contribution is 0.489. The molecule has 0 amide bonds. The van der Waals surface area contributed by atoms with Gasteiger partial charge in [0.15, 0.2) is 0 Å². The van der Waals surface area contributed by atoms with Crippen LogP contribution >= 0.6 is 11.6 Å². The smallest absolute Gasteiger partial charge is 0.109 e. The first kappa shape index (κ1) is 12.8. The van der Waals surface area contributed by atoms with E-state index in [4.69, 9.17) is 11.6 Å². The first-order valence-electron chi connectivity index (χ1n) is 7.32. The summed E-state index contributed by atoms with van der Waals surface area (Å²) in [6, 6.07) is 6.18. The van der Waals surface area contributed by atoms with Crippen molar-refractivity contribution in [1.29, 1.82) is 0 Å². The van der Waals surface area contributed by atoms with Crippen LogP contribution in [0.25, 0.3) is 10.9 Å². The van der Waals surface area contributed by atoms with Gasteiger partial charge in [0.1, 0.15) is 5.82 Å². The Morgan fingerprint density at radius 3 is 2.76 bits per heavy atom. The van der Waals surface area contributed by atoms with Crippen molar-refractivity contribution < 1.29 is 0 Å². The van der Waals surface area contributed by atoms with E-state index in [9.17, 15) is 0 Å². The number of benzene rings is 1. The summed E-state index contributed by atoms with van der Waals surface area (Å²) in [7, 11) is 0. The van der Waals surface area contributed by atoms with Crippen LogP contribution in [0.15, 0.2) is 36.8 Å². The molecule has 0 unspecified atom stereocenters. The zero-order chi connectivity index (χ0) is 14.2. The van der Waals surface area contributed by atoms with Gasteiger partial charge >= 0.3 is 0 Å². The van der Waals surface area contributed by atoms with Gasteiger partial charge in [-0.1, -0.05) is 11.6 Å². The van der Waals surface area contributed by atoms with Crippen LogP contribution in [0.1, 0.15) is 24.6 Å². The van der Waals surface area contributed by atoms with E-state index in [0.29, 0.717) is 5.92 Å². The van der Waals surface area contributed by atoms with Crippen LogP contribution in [0.3, 0.4) is 0 Å². The van der Waals surface area contributed by atoms with E-state index in [1.807, 2.05) is 24.7 Å². The van der Waals surface area contributed by atoms with Gasteiger partial charge in [0.25, 0.3) is 0 Å². The fourth-order valence-corrected chi connectivity index (χ4v) is 3.48. The second-order valence-electron chi connectivity index (χ2n) is 5.60. The van der Waals surface area contributed by atoms with Crippen molar-refractivity contribution in [3.05, 3.63) is 47.6 Å². The number of anilines is 1. The number of nitrogens with zero attached hydrogens (tertiary/aromatic N) is 2. The first-order valence-corrected chi connectivity index (χ1v) is 7.70. The largest absolute Gasteiger partial charge is 0.371 e. The summed E-state index contributed by atoms with van der Waals surface area (Å²) in [5, 5.41) is 2.03. The van der Waals surface area contributed by atoms with Crippen LogP contribution in [0, 0.1) is 0 Å². The molecule has 21 heavy (non-hydrogen) atoms. The SMILES string of the molecule is Clc1cc(N2CCC(c3ncc[nH]3)CC2)c2cc[nH]c2c1. The van der Waals surface area contributed by atoms with Crippen LogP contribution in [-0.2, 0) is 0 Å². The van der Waals surface area contributed by atoms with Gasteiger partial charge in [-0.2, -0.15) is 0 Å². The average Bonchev–Trinajstić information content (AvgIpc) is 3.17. The van der Waals surface area contributed by atoms with Gasteiger partial charge in [0.2, 0.25) is 0 Å². The molecule has 2 aromatic heterocycles. The molecular formula is C16H17ClN4. The molecule has 3 aromatic rings. The average molecular weight is 301 g/mol. The second-order valence-corrected chi connectivity index (χ2v) is 6.04. The molecular weight excluding hydrogens is 284 g/mol. The number of imidazole rings is 1. The fourth-order valence-electron chi connectivity index (χ4n) is 3.27. The van der Waals surface area contributed by atoms with Crippen LogP contribution in [-0.4, -0.2) is 28.0 Å². The summed E-state index contributed by atoms with van der Waals surface area (Å²) in [5.41, 5.74) is 2.34. The molecule has 1 aromatic carbocycles. The predicted molar refractivity (Wildman–Crippen MR) is 86.1 cm³/mol. The first-order chi connectivity index (χ1) is 10.3. The maximum Gasteiger partial charge on any atom is 0.109 e. The molecule has 0 bridgehead atoms. The van der Waals surface area contributed by atoms with Crippen LogP contribution in [0.4, 0.5) is 5.69 Å². The third kappa shape index (κ3) is 2.29. The van der Waals surface area contributed by atoms with Gasteiger partial charge in [-0.15, -0.1) is 0 Å². The van der Waals surface area contributed by atoms with Gasteiger partial charge in [0, 0.05) is 59.2 Å².